The molecule has 1 aliphatic rings. The van der Waals surface area contributed by atoms with E-state index in [2.05, 4.69) is 4.74 Å². The lowest BCUT2D eigenvalue weighted by atomic mass is 9.90. The zero-order valence-corrected chi connectivity index (χ0v) is 18.8. The van der Waals surface area contributed by atoms with Crippen LogP contribution in [-0.4, -0.2) is 53.5 Å². The predicted octanol–water partition coefficient (Wildman–Crippen LogP) is 4.61. The van der Waals surface area contributed by atoms with Crippen LogP contribution in [0.1, 0.15) is 38.2 Å². The summed E-state index contributed by atoms with van der Waals surface area (Å²) in [5.41, 5.74) is -0.431. The van der Waals surface area contributed by atoms with Gasteiger partial charge >= 0.3 is 12.3 Å². The molecule has 0 aliphatic carbocycles. The van der Waals surface area contributed by atoms with Crippen molar-refractivity contribution in [3.63, 3.8) is 0 Å². The van der Waals surface area contributed by atoms with E-state index in [-0.39, 0.29) is 29.9 Å². The molecule has 2 aromatic carbocycles. The third-order valence-corrected chi connectivity index (χ3v) is 5.41. The summed E-state index contributed by atoms with van der Waals surface area (Å²) in [5, 5.41) is 9.28. The van der Waals surface area contributed by atoms with Gasteiger partial charge in [0.2, 0.25) is 0 Å². The first-order chi connectivity index (χ1) is 15.9. The second-order valence-corrected chi connectivity index (χ2v) is 8.48. The molecule has 184 valence electrons. The molecule has 0 radical (unpaired) electrons. The van der Waals surface area contributed by atoms with Crippen LogP contribution in [0, 0.1) is 0 Å². The predicted molar refractivity (Wildman–Crippen MR) is 116 cm³/mol. The third-order valence-electron chi connectivity index (χ3n) is 5.41. The summed E-state index contributed by atoms with van der Waals surface area (Å²) in [6.45, 7) is 3.73. The Kier molecular flexibility index (Phi) is 7.58. The Morgan fingerprint density at radius 1 is 1.03 bits per heavy atom. The number of hydrogen-bond acceptors (Lipinski definition) is 5. The summed E-state index contributed by atoms with van der Waals surface area (Å²) in [5.74, 6) is -0.942. The number of halogens is 3. The van der Waals surface area contributed by atoms with E-state index in [1.807, 2.05) is 6.07 Å². The van der Waals surface area contributed by atoms with Gasteiger partial charge in [-0.1, -0.05) is 12.1 Å². The standard InChI is InChI=1S/C24H26F3NO6/c1-23(2,22(30)31)33-20-7-3-5-16(13-20)17-6-4-12-28(14-17)21(29)15-32-18-8-10-19(11-9-18)34-24(25,26)27/h3,5,7-11,13,17H,4,6,12,14-15H2,1-2H3,(H,30,31)/t17-/m0/s1. The average Bonchev–Trinajstić information content (AvgIpc) is 2.77. The van der Waals surface area contributed by atoms with Crippen LogP contribution < -0.4 is 14.2 Å². The molecule has 0 aromatic heterocycles. The van der Waals surface area contributed by atoms with Crippen LogP contribution in [-0.2, 0) is 9.59 Å². The van der Waals surface area contributed by atoms with Crippen LogP contribution >= 0.6 is 0 Å². The largest absolute Gasteiger partial charge is 0.573 e. The van der Waals surface area contributed by atoms with Crippen molar-refractivity contribution in [1.29, 1.82) is 0 Å². The molecule has 0 saturated carbocycles. The molecule has 7 nitrogen and oxygen atoms in total. The van der Waals surface area contributed by atoms with Crippen molar-refractivity contribution in [2.45, 2.75) is 44.6 Å². The monoisotopic (exact) mass is 481 g/mol. The Morgan fingerprint density at radius 2 is 1.71 bits per heavy atom. The summed E-state index contributed by atoms with van der Waals surface area (Å²) in [6.07, 6.45) is -3.14. The van der Waals surface area contributed by atoms with Gasteiger partial charge in [-0.05, 0) is 68.7 Å². The second kappa shape index (κ2) is 10.2. The first-order valence-electron chi connectivity index (χ1n) is 10.7. The van der Waals surface area contributed by atoms with Crippen molar-refractivity contribution in [2.75, 3.05) is 19.7 Å². The van der Waals surface area contributed by atoms with Crippen LogP contribution in [0.2, 0.25) is 0 Å². The van der Waals surface area contributed by atoms with E-state index in [1.165, 1.54) is 26.0 Å². The zero-order valence-electron chi connectivity index (χ0n) is 18.8. The zero-order chi connectivity index (χ0) is 24.9. The van der Waals surface area contributed by atoms with Gasteiger partial charge in [0.15, 0.2) is 12.2 Å². The maximum atomic E-state index is 12.7. The maximum Gasteiger partial charge on any atom is 0.573 e. The average molecular weight is 481 g/mol. The molecule has 1 amide bonds. The third kappa shape index (κ3) is 7.03. The number of hydrogen-bond donors (Lipinski definition) is 1. The number of aliphatic carboxylic acids is 1. The topological polar surface area (TPSA) is 85.3 Å². The molecule has 3 rings (SSSR count). The number of likely N-dealkylation sites (tertiary alicyclic amines) is 1. The lowest BCUT2D eigenvalue weighted by Gasteiger charge is -2.33. The quantitative estimate of drug-likeness (QED) is 0.593. The van der Waals surface area contributed by atoms with E-state index >= 15 is 0 Å². The normalized spacial score (nSPS) is 16.6. The minimum Gasteiger partial charge on any atom is -0.484 e. The molecule has 1 heterocycles. The Hall–Kier alpha value is -3.43. The number of amides is 1. The summed E-state index contributed by atoms with van der Waals surface area (Å²) in [7, 11) is 0. The number of rotatable bonds is 8. The van der Waals surface area contributed by atoms with Gasteiger partial charge in [-0.3, -0.25) is 4.79 Å². The van der Waals surface area contributed by atoms with Crippen molar-refractivity contribution in [2.24, 2.45) is 0 Å². The van der Waals surface area contributed by atoms with Crippen molar-refractivity contribution >= 4 is 11.9 Å². The highest BCUT2D eigenvalue weighted by Crippen LogP contribution is 2.30. The van der Waals surface area contributed by atoms with Crippen LogP contribution in [0.4, 0.5) is 13.2 Å². The summed E-state index contributed by atoms with van der Waals surface area (Å²) in [4.78, 5) is 25.7. The van der Waals surface area contributed by atoms with Gasteiger partial charge in [-0.25, -0.2) is 4.79 Å². The summed E-state index contributed by atoms with van der Waals surface area (Å²) < 4.78 is 51.6. The molecule has 0 unspecified atom stereocenters. The molecule has 2 aromatic rings. The van der Waals surface area contributed by atoms with Gasteiger partial charge in [0.25, 0.3) is 5.91 Å². The highest BCUT2D eigenvalue weighted by molar-refractivity contribution is 5.78. The molecular formula is C24H26F3NO6. The van der Waals surface area contributed by atoms with Crippen molar-refractivity contribution in [3.05, 3.63) is 54.1 Å². The van der Waals surface area contributed by atoms with Gasteiger partial charge in [0.05, 0.1) is 0 Å². The van der Waals surface area contributed by atoms with Crippen molar-refractivity contribution < 1.29 is 42.1 Å². The molecule has 1 atom stereocenters. The van der Waals surface area contributed by atoms with Crippen LogP contribution in [0.5, 0.6) is 17.2 Å². The van der Waals surface area contributed by atoms with E-state index in [1.54, 1.807) is 23.1 Å². The van der Waals surface area contributed by atoms with E-state index in [9.17, 15) is 27.9 Å². The number of ether oxygens (including phenoxy) is 3. The van der Waals surface area contributed by atoms with Crippen molar-refractivity contribution in [1.82, 2.24) is 4.90 Å². The molecule has 1 aliphatic heterocycles. The molecular weight excluding hydrogens is 455 g/mol. The van der Waals surface area contributed by atoms with E-state index in [4.69, 9.17) is 9.47 Å². The maximum absolute atomic E-state index is 12.7. The second-order valence-electron chi connectivity index (χ2n) is 8.48. The van der Waals surface area contributed by atoms with Crippen molar-refractivity contribution in [3.8, 4) is 17.2 Å². The minimum absolute atomic E-state index is 0.0491. The number of nitrogens with zero attached hydrogens (tertiary/aromatic N) is 1. The van der Waals surface area contributed by atoms with Gasteiger partial charge in [0, 0.05) is 19.0 Å². The molecule has 0 bridgehead atoms. The molecule has 1 N–H and O–H groups in total. The van der Waals surface area contributed by atoms with Gasteiger partial charge in [-0.15, -0.1) is 13.2 Å². The van der Waals surface area contributed by atoms with Crippen LogP contribution in [0.25, 0.3) is 0 Å². The lowest BCUT2D eigenvalue weighted by molar-refractivity contribution is -0.274. The number of piperidine rings is 1. The number of carboxylic acids is 1. The minimum atomic E-state index is -4.78. The number of carbonyl (C=O) groups excluding carboxylic acids is 1. The van der Waals surface area contributed by atoms with Gasteiger partial charge < -0.3 is 24.2 Å². The van der Waals surface area contributed by atoms with E-state index in [0.717, 1.165) is 30.5 Å². The van der Waals surface area contributed by atoms with Crippen LogP contribution in [0.15, 0.2) is 48.5 Å². The Bertz CT molecular complexity index is 1010. The molecule has 1 saturated heterocycles. The molecule has 1 fully saturated rings. The first kappa shape index (κ1) is 25.2. The Labute approximate surface area is 195 Å². The molecule has 34 heavy (non-hydrogen) atoms. The SMILES string of the molecule is CC(C)(Oc1cccc([C@H]2CCCN(C(=O)COc3ccc(OC(F)(F)F)cc3)C2)c1)C(=O)O. The van der Waals surface area contributed by atoms with Gasteiger partial charge in [-0.2, -0.15) is 0 Å². The summed E-state index contributed by atoms with van der Waals surface area (Å²) in [6, 6.07) is 12.0. The fraction of sp³-hybridized carbons (Fsp3) is 0.417. The van der Waals surface area contributed by atoms with E-state index < -0.39 is 17.9 Å². The smallest absolute Gasteiger partial charge is 0.484 e. The summed E-state index contributed by atoms with van der Waals surface area (Å²) >= 11 is 0. The highest BCUT2D eigenvalue weighted by atomic mass is 19.4. The Morgan fingerprint density at radius 3 is 2.35 bits per heavy atom. The van der Waals surface area contributed by atoms with Gasteiger partial charge in [0.1, 0.15) is 17.2 Å². The first-order valence-corrected chi connectivity index (χ1v) is 10.7. The van der Waals surface area contributed by atoms with E-state index in [0.29, 0.717) is 18.8 Å². The number of benzene rings is 2. The fourth-order valence-corrected chi connectivity index (χ4v) is 3.62. The molecule has 0 spiro atoms. The number of alkyl halides is 3. The fourth-order valence-electron chi connectivity index (χ4n) is 3.62. The lowest BCUT2D eigenvalue weighted by Crippen LogP contribution is -2.41. The number of carbonyl (C=O) groups is 2. The molecule has 10 heteroatoms. The highest BCUT2D eigenvalue weighted by Gasteiger charge is 2.31. The Balaban J connectivity index is 1.57. The number of carboxylic acid groups (broad SMARTS) is 1. The van der Waals surface area contributed by atoms with Crippen LogP contribution in [0.3, 0.4) is 0 Å².